The van der Waals surface area contributed by atoms with Crippen LogP contribution in [-0.2, 0) is 4.79 Å². The molecule has 0 saturated heterocycles. The van der Waals surface area contributed by atoms with Gasteiger partial charge in [-0.05, 0) is 53.6 Å². The van der Waals surface area contributed by atoms with E-state index in [2.05, 4.69) is 10.5 Å². The van der Waals surface area contributed by atoms with Gasteiger partial charge in [0.25, 0.3) is 11.8 Å². The van der Waals surface area contributed by atoms with Gasteiger partial charge in [0.15, 0.2) is 0 Å². The van der Waals surface area contributed by atoms with Gasteiger partial charge in [-0.2, -0.15) is 5.10 Å². The molecule has 0 unspecified atom stereocenters. The molecule has 0 radical (unpaired) electrons. The van der Waals surface area contributed by atoms with E-state index >= 15 is 0 Å². The van der Waals surface area contributed by atoms with E-state index in [9.17, 15) is 9.59 Å². The molecular formula is C18H17N3O4. The van der Waals surface area contributed by atoms with E-state index in [1.807, 2.05) is 12.1 Å². The van der Waals surface area contributed by atoms with Crippen molar-refractivity contribution in [3.8, 4) is 5.75 Å². The Morgan fingerprint density at radius 1 is 1.12 bits per heavy atom. The molecular weight excluding hydrogens is 322 g/mol. The van der Waals surface area contributed by atoms with Gasteiger partial charge in [0.2, 0.25) is 0 Å². The maximum atomic E-state index is 12.1. The number of nitrogens with one attached hydrogen (secondary N) is 2. The Bertz CT molecular complexity index is 798. The predicted molar refractivity (Wildman–Crippen MR) is 93.5 cm³/mol. The number of hydroxylamine groups is 1. The molecule has 0 aliphatic carbocycles. The molecule has 2 aromatic carbocycles. The molecule has 0 saturated carbocycles. The van der Waals surface area contributed by atoms with Crippen LogP contribution in [0.2, 0.25) is 0 Å². The maximum absolute atomic E-state index is 12.1. The Balaban J connectivity index is 1.99. The van der Waals surface area contributed by atoms with E-state index in [1.165, 1.54) is 17.8 Å². The molecule has 25 heavy (non-hydrogen) atoms. The Morgan fingerprint density at radius 2 is 1.88 bits per heavy atom. The Labute approximate surface area is 144 Å². The summed E-state index contributed by atoms with van der Waals surface area (Å²) in [5, 5.41) is 12.3. The number of hydrogen-bond donors (Lipinski definition) is 3. The van der Waals surface area contributed by atoms with Crippen molar-refractivity contribution in [3.63, 3.8) is 0 Å². The minimum absolute atomic E-state index is 0.383. The molecule has 0 bridgehead atoms. The normalized spacial score (nSPS) is 10.8. The summed E-state index contributed by atoms with van der Waals surface area (Å²) in [7, 11) is 1.59. The molecule has 0 spiro atoms. The number of hydrazone groups is 1. The molecule has 0 aliphatic heterocycles. The summed E-state index contributed by atoms with van der Waals surface area (Å²) in [6, 6.07) is 13.8. The van der Waals surface area contributed by atoms with Crippen molar-refractivity contribution in [2.24, 2.45) is 5.10 Å². The average Bonchev–Trinajstić information content (AvgIpc) is 2.66. The fourth-order valence-corrected chi connectivity index (χ4v) is 1.91. The highest BCUT2D eigenvalue weighted by molar-refractivity contribution is 5.96. The molecule has 7 heteroatoms. The van der Waals surface area contributed by atoms with E-state index in [0.29, 0.717) is 11.1 Å². The lowest BCUT2D eigenvalue weighted by Gasteiger charge is -2.02. The van der Waals surface area contributed by atoms with Gasteiger partial charge in [-0.25, -0.2) is 10.9 Å². The minimum Gasteiger partial charge on any atom is -0.497 e. The monoisotopic (exact) mass is 339 g/mol. The number of carbonyl (C=O) groups is 2. The smallest absolute Gasteiger partial charge is 0.271 e. The second-order valence-electron chi connectivity index (χ2n) is 4.91. The first kappa shape index (κ1) is 17.9. The largest absolute Gasteiger partial charge is 0.497 e. The molecule has 2 amide bonds. The molecule has 0 aromatic heterocycles. The summed E-state index contributed by atoms with van der Waals surface area (Å²) < 4.78 is 5.06. The zero-order chi connectivity index (χ0) is 18.1. The van der Waals surface area contributed by atoms with Crippen molar-refractivity contribution in [2.75, 3.05) is 7.11 Å². The second-order valence-corrected chi connectivity index (χ2v) is 4.91. The second kappa shape index (κ2) is 8.99. The lowest BCUT2D eigenvalue weighted by atomic mass is 10.1. The van der Waals surface area contributed by atoms with Gasteiger partial charge in [0, 0.05) is 11.6 Å². The van der Waals surface area contributed by atoms with E-state index in [0.717, 1.165) is 17.4 Å². The third-order valence-electron chi connectivity index (χ3n) is 3.18. The van der Waals surface area contributed by atoms with Gasteiger partial charge in [-0.1, -0.05) is 12.1 Å². The van der Waals surface area contributed by atoms with E-state index in [1.54, 1.807) is 43.5 Å². The molecule has 3 N–H and O–H groups in total. The van der Waals surface area contributed by atoms with Crippen molar-refractivity contribution in [2.45, 2.75) is 0 Å². The highest BCUT2D eigenvalue weighted by atomic mass is 16.5. The number of amides is 2. The number of carbonyl (C=O) groups excluding carboxylic acids is 2. The SMILES string of the molecule is COc1ccc(C=NNC(=O)c2cccc(C=CC(=O)NO)c2)cc1. The van der Waals surface area contributed by atoms with Crippen LogP contribution in [0, 0.1) is 0 Å². The Kier molecular flexibility index (Phi) is 6.44. The Hall–Kier alpha value is -3.45. The van der Waals surface area contributed by atoms with E-state index < -0.39 is 5.91 Å². The number of hydrogen-bond acceptors (Lipinski definition) is 5. The van der Waals surface area contributed by atoms with Crippen LogP contribution in [0.15, 0.2) is 59.7 Å². The molecule has 2 rings (SSSR count). The molecule has 7 nitrogen and oxygen atoms in total. The lowest BCUT2D eigenvalue weighted by molar-refractivity contribution is -0.124. The highest BCUT2D eigenvalue weighted by Gasteiger charge is 2.04. The number of ether oxygens (including phenoxy) is 1. The van der Waals surface area contributed by atoms with Crippen molar-refractivity contribution in [1.82, 2.24) is 10.9 Å². The van der Waals surface area contributed by atoms with Gasteiger partial charge in [-0.15, -0.1) is 0 Å². The summed E-state index contributed by atoms with van der Waals surface area (Å²) in [6.45, 7) is 0. The highest BCUT2D eigenvalue weighted by Crippen LogP contribution is 2.10. The Morgan fingerprint density at radius 3 is 2.56 bits per heavy atom. The number of nitrogens with zero attached hydrogens (tertiary/aromatic N) is 1. The summed E-state index contributed by atoms with van der Waals surface area (Å²) >= 11 is 0. The fraction of sp³-hybridized carbons (Fsp3) is 0.0556. The molecule has 0 aliphatic rings. The topological polar surface area (TPSA) is 100 Å². The summed E-state index contributed by atoms with van der Waals surface area (Å²) in [6.07, 6.45) is 4.15. The maximum Gasteiger partial charge on any atom is 0.271 e. The number of rotatable bonds is 6. The predicted octanol–water partition coefficient (Wildman–Crippen LogP) is 1.98. The van der Waals surface area contributed by atoms with Crippen LogP contribution in [0.5, 0.6) is 5.75 Å². The first-order valence-corrected chi connectivity index (χ1v) is 7.32. The first-order valence-electron chi connectivity index (χ1n) is 7.32. The van der Waals surface area contributed by atoms with Crippen molar-refractivity contribution >= 4 is 24.1 Å². The van der Waals surface area contributed by atoms with Crippen LogP contribution >= 0.6 is 0 Å². The van der Waals surface area contributed by atoms with Crippen molar-refractivity contribution < 1.29 is 19.5 Å². The van der Waals surface area contributed by atoms with E-state index in [4.69, 9.17) is 9.94 Å². The van der Waals surface area contributed by atoms with Crippen molar-refractivity contribution in [3.05, 3.63) is 71.3 Å². The number of methoxy groups -OCH3 is 1. The van der Waals surface area contributed by atoms with Crippen LogP contribution < -0.4 is 15.6 Å². The summed E-state index contributed by atoms with van der Waals surface area (Å²) in [4.78, 5) is 23.1. The lowest BCUT2D eigenvalue weighted by Crippen LogP contribution is -2.17. The first-order chi connectivity index (χ1) is 12.1. The van der Waals surface area contributed by atoms with E-state index in [-0.39, 0.29) is 5.91 Å². The van der Waals surface area contributed by atoms with Crippen molar-refractivity contribution in [1.29, 1.82) is 0 Å². The van der Waals surface area contributed by atoms with Gasteiger partial charge < -0.3 is 4.74 Å². The van der Waals surface area contributed by atoms with Gasteiger partial charge in [0.05, 0.1) is 13.3 Å². The van der Waals surface area contributed by atoms with Gasteiger partial charge >= 0.3 is 0 Å². The van der Waals surface area contributed by atoms with Crippen LogP contribution in [0.25, 0.3) is 6.08 Å². The molecule has 128 valence electrons. The summed E-state index contributed by atoms with van der Waals surface area (Å²) in [5.41, 5.74) is 5.76. The van der Waals surface area contributed by atoms with Crippen LogP contribution in [0.1, 0.15) is 21.5 Å². The van der Waals surface area contributed by atoms with Gasteiger partial charge in [-0.3, -0.25) is 14.8 Å². The zero-order valence-corrected chi connectivity index (χ0v) is 13.5. The minimum atomic E-state index is -0.654. The molecule has 2 aromatic rings. The molecule has 0 heterocycles. The molecule has 0 atom stereocenters. The van der Waals surface area contributed by atoms with Crippen LogP contribution in [0.3, 0.4) is 0 Å². The third kappa shape index (κ3) is 5.60. The zero-order valence-electron chi connectivity index (χ0n) is 13.5. The number of benzene rings is 2. The average molecular weight is 339 g/mol. The van der Waals surface area contributed by atoms with Gasteiger partial charge in [0.1, 0.15) is 5.75 Å². The third-order valence-corrected chi connectivity index (χ3v) is 3.18. The molecule has 0 fully saturated rings. The quantitative estimate of drug-likeness (QED) is 0.324. The summed E-state index contributed by atoms with van der Waals surface area (Å²) in [5.74, 6) is -0.300. The van der Waals surface area contributed by atoms with Crippen LogP contribution in [-0.4, -0.2) is 30.3 Å². The standard InChI is InChI=1S/C18H17N3O4/c1-25-16-8-5-14(6-9-16)12-19-20-18(23)15-4-2-3-13(11-15)7-10-17(22)21-24/h2-12,24H,1H3,(H,20,23)(H,21,22). The fourth-order valence-electron chi connectivity index (χ4n) is 1.91. The van der Waals surface area contributed by atoms with Crippen LogP contribution in [0.4, 0.5) is 0 Å².